The van der Waals surface area contributed by atoms with E-state index in [1.807, 2.05) is 47.4 Å². The van der Waals surface area contributed by atoms with Crippen molar-refractivity contribution < 1.29 is 4.74 Å². The molecular formula is C20H22ClN5O. The van der Waals surface area contributed by atoms with Crippen LogP contribution in [-0.4, -0.2) is 17.6 Å². The first-order valence-corrected chi connectivity index (χ1v) is 9.47. The van der Waals surface area contributed by atoms with E-state index in [0.717, 1.165) is 37.1 Å². The van der Waals surface area contributed by atoms with Gasteiger partial charge in [-0.05, 0) is 56.0 Å². The van der Waals surface area contributed by atoms with Gasteiger partial charge in [-0.15, -0.1) is 0 Å². The second-order valence-corrected chi connectivity index (χ2v) is 7.28. The summed E-state index contributed by atoms with van der Waals surface area (Å²) in [6.07, 6.45) is 4.97. The van der Waals surface area contributed by atoms with Crippen molar-refractivity contribution in [2.45, 2.75) is 37.8 Å². The zero-order valence-electron chi connectivity index (χ0n) is 14.9. The largest absolute Gasteiger partial charge is 0.455 e. The molecule has 1 heterocycles. The van der Waals surface area contributed by atoms with Gasteiger partial charge in [-0.1, -0.05) is 36.2 Å². The highest BCUT2D eigenvalue weighted by atomic mass is 35.5. The topological polar surface area (TPSA) is 89.2 Å². The van der Waals surface area contributed by atoms with Gasteiger partial charge >= 0.3 is 0 Å². The number of anilines is 1. The molecule has 2 aliphatic rings. The highest BCUT2D eigenvalue weighted by molar-refractivity contribution is 6.31. The minimum atomic E-state index is -0.548. The SMILES string of the molecule is NC1=NC2(CCCCC2)N(c2cc(Cl)ccc2Oc2ccccc2)C(N)=N1. The third-order valence-electron chi connectivity index (χ3n) is 4.98. The summed E-state index contributed by atoms with van der Waals surface area (Å²) in [5.41, 5.74) is 12.5. The van der Waals surface area contributed by atoms with E-state index in [0.29, 0.717) is 16.7 Å². The Morgan fingerprint density at radius 2 is 1.74 bits per heavy atom. The van der Waals surface area contributed by atoms with E-state index < -0.39 is 5.66 Å². The van der Waals surface area contributed by atoms with Crippen LogP contribution < -0.4 is 21.1 Å². The predicted molar refractivity (Wildman–Crippen MR) is 110 cm³/mol. The Bertz CT molecular complexity index is 891. The van der Waals surface area contributed by atoms with Gasteiger partial charge < -0.3 is 16.2 Å². The van der Waals surface area contributed by atoms with Gasteiger partial charge in [-0.25, -0.2) is 4.99 Å². The third kappa shape index (κ3) is 3.45. The first kappa shape index (κ1) is 17.7. The standard InChI is InChI=1S/C20H22ClN5O/c21-14-9-10-17(27-15-7-3-1-4-8-15)16(13-14)26-19(23)24-18(22)25-20(26)11-5-2-6-12-20/h1,3-4,7-10,13H,2,5-6,11-12H2,(H4,22,23,24,25). The van der Waals surface area contributed by atoms with Crippen LogP contribution in [-0.2, 0) is 0 Å². The molecule has 4 N–H and O–H groups in total. The molecule has 2 aromatic rings. The molecule has 0 unspecified atom stereocenters. The van der Waals surface area contributed by atoms with E-state index in [9.17, 15) is 0 Å². The first-order chi connectivity index (χ1) is 13.1. The number of ether oxygens (including phenoxy) is 1. The predicted octanol–water partition coefficient (Wildman–Crippen LogP) is 4.24. The van der Waals surface area contributed by atoms with Gasteiger partial charge in [-0.3, -0.25) is 4.90 Å². The van der Waals surface area contributed by atoms with E-state index >= 15 is 0 Å². The van der Waals surface area contributed by atoms with Gasteiger partial charge in [0.25, 0.3) is 0 Å². The first-order valence-electron chi connectivity index (χ1n) is 9.10. The van der Waals surface area contributed by atoms with Crippen molar-refractivity contribution in [1.82, 2.24) is 0 Å². The Kier molecular flexibility index (Phi) is 4.66. The van der Waals surface area contributed by atoms with E-state index in [-0.39, 0.29) is 5.96 Å². The van der Waals surface area contributed by atoms with E-state index in [4.69, 9.17) is 32.8 Å². The molecule has 0 radical (unpaired) electrons. The molecule has 1 aliphatic carbocycles. The maximum Gasteiger partial charge on any atom is 0.220 e. The van der Waals surface area contributed by atoms with Crippen molar-refractivity contribution in [2.24, 2.45) is 21.5 Å². The van der Waals surface area contributed by atoms with Crippen molar-refractivity contribution in [3.63, 3.8) is 0 Å². The number of halogens is 1. The Balaban J connectivity index is 1.81. The van der Waals surface area contributed by atoms with Crippen molar-refractivity contribution in [3.8, 4) is 11.5 Å². The quantitative estimate of drug-likeness (QED) is 0.829. The summed E-state index contributed by atoms with van der Waals surface area (Å²) >= 11 is 6.32. The van der Waals surface area contributed by atoms with Gasteiger partial charge in [0, 0.05) is 5.02 Å². The molecule has 1 fully saturated rings. The smallest absolute Gasteiger partial charge is 0.220 e. The number of guanidine groups is 2. The van der Waals surface area contributed by atoms with Crippen molar-refractivity contribution >= 4 is 29.2 Å². The second kappa shape index (κ2) is 7.12. The van der Waals surface area contributed by atoms with Crippen LogP contribution in [0.4, 0.5) is 5.69 Å². The normalized spacial score (nSPS) is 18.8. The van der Waals surface area contributed by atoms with Gasteiger partial charge in [0.15, 0.2) is 5.75 Å². The monoisotopic (exact) mass is 383 g/mol. The summed E-state index contributed by atoms with van der Waals surface area (Å²) in [6, 6.07) is 15.1. The average Bonchev–Trinajstić information content (AvgIpc) is 2.65. The highest BCUT2D eigenvalue weighted by Crippen LogP contribution is 2.44. The molecule has 140 valence electrons. The number of nitrogens with zero attached hydrogens (tertiary/aromatic N) is 3. The minimum Gasteiger partial charge on any atom is -0.455 e. The lowest BCUT2D eigenvalue weighted by molar-refractivity contribution is 0.304. The number of benzene rings is 2. The molecule has 1 aliphatic heterocycles. The van der Waals surface area contributed by atoms with Gasteiger partial charge in [-0.2, -0.15) is 4.99 Å². The van der Waals surface area contributed by atoms with Crippen molar-refractivity contribution in [3.05, 3.63) is 53.6 Å². The molecule has 0 saturated heterocycles. The Labute approximate surface area is 163 Å². The van der Waals surface area contributed by atoms with Crippen molar-refractivity contribution in [2.75, 3.05) is 4.90 Å². The fraction of sp³-hybridized carbons (Fsp3) is 0.300. The van der Waals surface area contributed by atoms with E-state index in [1.165, 1.54) is 6.42 Å². The average molecular weight is 384 g/mol. The molecule has 0 atom stereocenters. The lowest BCUT2D eigenvalue weighted by atomic mass is 9.87. The third-order valence-corrected chi connectivity index (χ3v) is 5.22. The zero-order valence-corrected chi connectivity index (χ0v) is 15.7. The van der Waals surface area contributed by atoms with Crippen LogP contribution in [0.1, 0.15) is 32.1 Å². The van der Waals surface area contributed by atoms with Gasteiger partial charge in [0.2, 0.25) is 11.9 Å². The van der Waals surface area contributed by atoms with Crippen LogP contribution in [0.5, 0.6) is 11.5 Å². The summed E-state index contributed by atoms with van der Waals surface area (Å²) in [6.45, 7) is 0. The Hall–Kier alpha value is -2.73. The van der Waals surface area contributed by atoms with Crippen LogP contribution in [0.3, 0.4) is 0 Å². The van der Waals surface area contributed by atoms with Crippen molar-refractivity contribution in [1.29, 1.82) is 0 Å². The van der Waals surface area contributed by atoms with Crippen LogP contribution >= 0.6 is 11.6 Å². The number of hydrogen-bond acceptors (Lipinski definition) is 6. The maximum absolute atomic E-state index is 6.34. The fourth-order valence-electron chi connectivity index (χ4n) is 3.84. The second-order valence-electron chi connectivity index (χ2n) is 6.85. The molecule has 1 spiro atoms. The maximum atomic E-state index is 6.34. The van der Waals surface area contributed by atoms with Crippen LogP contribution in [0, 0.1) is 0 Å². The lowest BCUT2D eigenvalue weighted by Crippen LogP contribution is -2.58. The molecule has 2 aromatic carbocycles. The summed E-state index contributed by atoms with van der Waals surface area (Å²) < 4.78 is 6.14. The lowest BCUT2D eigenvalue weighted by Gasteiger charge is -2.45. The molecule has 6 nitrogen and oxygen atoms in total. The summed E-state index contributed by atoms with van der Waals surface area (Å²) in [5.74, 6) is 1.90. The van der Waals surface area contributed by atoms with Gasteiger partial charge in [0.05, 0.1) is 5.69 Å². The Morgan fingerprint density at radius 3 is 2.48 bits per heavy atom. The molecule has 27 heavy (non-hydrogen) atoms. The number of para-hydroxylation sites is 1. The summed E-state index contributed by atoms with van der Waals surface area (Å²) in [7, 11) is 0. The number of hydrogen-bond donors (Lipinski definition) is 2. The highest BCUT2D eigenvalue weighted by Gasteiger charge is 2.43. The number of rotatable bonds is 3. The van der Waals surface area contributed by atoms with Gasteiger partial charge in [0.1, 0.15) is 11.4 Å². The Morgan fingerprint density at radius 1 is 1.00 bits per heavy atom. The van der Waals surface area contributed by atoms with E-state index in [2.05, 4.69) is 4.99 Å². The molecule has 4 rings (SSSR count). The minimum absolute atomic E-state index is 0.221. The van der Waals surface area contributed by atoms with Crippen LogP contribution in [0.15, 0.2) is 58.5 Å². The summed E-state index contributed by atoms with van der Waals surface area (Å²) in [5, 5.41) is 0.590. The molecule has 1 saturated carbocycles. The van der Waals surface area contributed by atoms with Crippen LogP contribution in [0.25, 0.3) is 0 Å². The zero-order chi connectivity index (χ0) is 18.9. The molecule has 0 amide bonds. The molecule has 0 bridgehead atoms. The number of nitrogens with two attached hydrogens (primary N) is 2. The van der Waals surface area contributed by atoms with E-state index in [1.54, 1.807) is 6.07 Å². The molecule has 0 aromatic heterocycles. The van der Waals surface area contributed by atoms with Crippen LogP contribution in [0.2, 0.25) is 5.02 Å². The fourth-order valence-corrected chi connectivity index (χ4v) is 4.00. The molecular weight excluding hydrogens is 362 g/mol. The summed E-state index contributed by atoms with van der Waals surface area (Å²) in [4.78, 5) is 10.9. The molecule has 7 heteroatoms. The number of aliphatic imine (C=N–C) groups is 2.